The van der Waals surface area contributed by atoms with Gasteiger partial charge in [0.25, 0.3) is 5.56 Å². The number of halogens is 1. The Hall–Kier alpha value is -2.38. The molecule has 0 unspecified atom stereocenters. The number of thiophene rings is 1. The molecule has 22 heavy (non-hydrogen) atoms. The topological polar surface area (TPSA) is 47.3 Å². The number of hydrogen-bond acceptors (Lipinski definition) is 5. The van der Waals surface area contributed by atoms with Crippen LogP contribution in [0.2, 0.25) is 0 Å². The Kier molecular flexibility index (Phi) is 3.09. The average molecular weight is 329 g/mol. The normalized spacial score (nSPS) is 12.3. The summed E-state index contributed by atoms with van der Waals surface area (Å²) in [5.74, 6) is 0.105. The third-order valence-electron chi connectivity index (χ3n) is 3.10. The van der Waals surface area contributed by atoms with E-state index < -0.39 is 0 Å². The van der Waals surface area contributed by atoms with Crippen molar-refractivity contribution in [3.63, 3.8) is 0 Å². The second-order valence-corrected chi connectivity index (χ2v) is 6.56. The van der Waals surface area contributed by atoms with E-state index in [0.717, 1.165) is 4.88 Å². The quantitative estimate of drug-likeness (QED) is 0.568. The van der Waals surface area contributed by atoms with Gasteiger partial charge in [-0.15, -0.1) is 16.4 Å². The van der Waals surface area contributed by atoms with E-state index in [1.165, 1.54) is 28.0 Å². The van der Waals surface area contributed by atoms with Crippen LogP contribution in [0.5, 0.6) is 0 Å². The van der Waals surface area contributed by atoms with E-state index in [2.05, 4.69) is 10.1 Å². The third kappa shape index (κ3) is 2.24. The number of hydrogen-bond donors (Lipinski definition) is 0. The molecule has 4 rings (SSSR count). The molecule has 3 heterocycles. The van der Waals surface area contributed by atoms with Crippen molar-refractivity contribution in [3.8, 4) is 11.4 Å². The van der Waals surface area contributed by atoms with Crippen LogP contribution in [0.3, 0.4) is 0 Å². The van der Waals surface area contributed by atoms with Gasteiger partial charge in [0.05, 0.1) is 4.53 Å². The van der Waals surface area contributed by atoms with Gasteiger partial charge < -0.3 is 0 Å². The zero-order valence-corrected chi connectivity index (χ0v) is 12.7. The van der Waals surface area contributed by atoms with Crippen molar-refractivity contribution >= 4 is 33.7 Å². The molecule has 0 saturated heterocycles. The van der Waals surface area contributed by atoms with Gasteiger partial charge >= 0.3 is 0 Å². The largest absolute Gasteiger partial charge is 0.291 e. The number of aromatic nitrogens is 3. The van der Waals surface area contributed by atoms with E-state index in [-0.39, 0.29) is 11.4 Å². The Bertz CT molecular complexity index is 1050. The van der Waals surface area contributed by atoms with Gasteiger partial charge in [-0.25, -0.2) is 4.39 Å². The zero-order chi connectivity index (χ0) is 15.1. The Morgan fingerprint density at radius 3 is 2.68 bits per heavy atom. The Morgan fingerprint density at radius 1 is 1.18 bits per heavy atom. The average Bonchev–Trinajstić information content (AvgIpc) is 3.21. The molecule has 0 radical (unpaired) electrons. The summed E-state index contributed by atoms with van der Waals surface area (Å²) in [6, 6.07) is 9.77. The number of benzene rings is 1. The van der Waals surface area contributed by atoms with E-state index in [1.807, 2.05) is 23.6 Å². The molecule has 1 aromatic carbocycles. The van der Waals surface area contributed by atoms with Gasteiger partial charge in [-0.2, -0.15) is 9.50 Å². The molecule has 0 N–H and O–H groups in total. The lowest BCUT2D eigenvalue weighted by Crippen LogP contribution is -2.23. The molecule has 0 amide bonds. The molecule has 0 bridgehead atoms. The van der Waals surface area contributed by atoms with E-state index in [1.54, 1.807) is 23.5 Å². The highest BCUT2D eigenvalue weighted by Gasteiger charge is 2.11. The molecular weight excluding hydrogens is 321 g/mol. The molecule has 3 aromatic heterocycles. The van der Waals surface area contributed by atoms with Gasteiger partial charge in [-0.3, -0.25) is 4.79 Å². The van der Waals surface area contributed by atoms with Crippen LogP contribution < -0.4 is 10.1 Å². The smallest absolute Gasteiger partial charge is 0.266 e. The molecule has 0 spiro atoms. The zero-order valence-electron chi connectivity index (χ0n) is 11.1. The molecular formula is C15H8FN3OS2. The van der Waals surface area contributed by atoms with Crippen molar-refractivity contribution in [2.45, 2.75) is 0 Å². The fourth-order valence-corrected chi connectivity index (χ4v) is 3.69. The minimum absolute atomic E-state index is 0.186. The SMILES string of the molecule is O=c1/c(=C\c2cccs2)sc2nc(-c3ccc(F)cc3)nn12. The summed E-state index contributed by atoms with van der Waals surface area (Å²) in [6.07, 6.45) is 1.84. The first-order valence-electron chi connectivity index (χ1n) is 6.41. The summed E-state index contributed by atoms with van der Waals surface area (Å²) < 4.78 is 14.8. The maximum atomic E-state index is 12.9. The summed E-state index contributed by atoms with van der Waals surface area (Å²) in [6.45, 7) is 0. The second-order valence-electron chi connectivity index (χ2n) is 4.57. The number of nitrogens with zero attached hydrogens (tertiary/aromatic N) is 3. The predicted octanol–water partition coefficient (Wildman–Crippen LogP) is 2.57. The Morgan fingerprint density at radius 2 is 2.00 bits per heavy atom. The highest BCUT2D eigenvalue weighted by molar-refractivity contribution is 7.15. The molecule has 0 aliphatic rings. The van der Waals surface area contributed by atoms with Crippen LogP contribution in [0.15, 0.2) is 46.6 Å². The highest BCUT2D eigenvalue weighted by Crippen LogP contribution is 2.17. The summed E-state index contributed by atoms with van der Waals surface area (Å²) >= 11 is 2.86. The molecule has 7 heteroatoms. The fraction of sp³-hybridized carbons (Fsp3) is 0. The summed E-state index contributed by atoms with van der Waals surface area (Å²) in [5, 5.41) is 6.18. The van der Waals surface area contributed by atoms with Crippen molar-refractivity contribution in [2.75, 3.05) is 0 Å². The minimum Gasteiger partial charge on any atom is -0.266 e. The Labute approximate surface area is 131 Å². The van der Waals surface area contributed by atoms with Crippen molar-refractivity contribution in [1.82, 2.24) is 14.6 Å². The van der Waals surface area contributed by atoms with Crippen LogP contribution in [-0.2, 0) is 0 Å². The van der Waals surface area contributed by atoms with Crippen molar-refractivity contribution < 1.29 is 4.39 Å². The van der Waals surface area contributed by atoms with Gasteiger partial charge in [0, 0.05) is 10.4 Å². The number of fused-ring (bicyclic) bond motifs is 1. The standard InChI is InChI=1S/C15H8FN3OS2/c16-10-5-3-9(4-6-10)13-17-15-19(18-13)14(20)12(22-15)8-11-2-1-7-21-11/h1-8H/b12-8+. The van der Waals surface area contributed by atoms with Crippen LogP contribution in [0.1, 0.15) is 4.88 Å². The molecule has 0 saturated carbocycles. The van der Waals surface area contributed by atoms with Gasteiger partial charge in [0.2, 0.25) is 4.96 Å². The monoisotopic (exact) mass is 329 g/mol. The fourth-order valence-electron chi connectivity index (χ4n) is 2.06. The lowest BCUT2D eigenvalue weighted by Gasteiger charge is -1.93. The van der Waals surface area contributed by atoms with Gasteiger partial charge in [-0.05, 0) is 41.8 Å². The Balaban J connectivity index is 1.84. The molecule has 0 aliphatic heterocycles. The maximum absolute atomic E-state index is 12.9. The van der Waals surface area contributed by atoms with Gasteiger partial charge in [0.15, 0.2) is 5.82 Å². The van der Waals surface area contributed by atoms with Gasteiger partial charge in [-0.1, -0.05) is 17.4 Å². The lowest BCUT2D eigenvalue weighted by molar-refractivity contribution is 0.628. The number of rotatable bonds is 2. The molecule has 108 valence electrons. The van der Waals surface area contributed by atoms with Crippen LogP contribution in [0.25, 0.3) is 22.4 Å². The first kappa shape index (κ1) is 13.3. The van der Waals surface area contributed by atoms with E-state index >= 15 is 0 Å². The van der Waals surface area contributed by atoms with Crippen molar-refractivity contribution in [2.24, 2.45) is 0 Å². The van der Waals surface area contributed by atoms with Crippen LogP contribution in [-0.4, -0.2) is 14.6 Å². The summed E-state index contributed by atoms with van der Waals surface area (Å²) in [5.41, 5.74) is 0.495. The highest BCUT2D eigenvalue weighted by atomic mass is 32.1. The van der Waals surface area contributed by atoms with E-state index in [0.29, 0.717) is 20.9 Å². The van der Waals surface area contributed by atoms with Crippen molar-refractivity contribution in [3.05, 3.63) is 67.4 Å². The van der Waals surface area contributed by atoms with Gasteiger partial charge in [0.1, 0.15) is 5.82 Å². The van der Waals surface area contributed by atoms with Crippen LogP contribution in [0.4, 0.5) is 4.39 Å². The van der Waals surface area contributed by atoms with Crippen molar-refractivity contribution in [1.29, 1.82) is 0 Å². The molecule has 0 aliphatic carbocycles. The van der Waals surface area contributed by atoms with E-state index in [4.69, 9.17) is 0 Å². The molecule has 0 fully saturated rings. The summed E-state index contributed by atoms with van der Waals surface area (Å²) in [7, 11) is 0. The number of thiazole rings is 1. The predicted molar refractivity (Wildman–Crippen MR) is 85.6 cm³/mol. The van der Waals surface area contributed by atoms with E-state index in [9.17, 15) is 9.18 Å². The minimum atomic E-state index is -0.317. The first-order chi connectivity index (χ1) is 10.7. The summed E-state index contributed by atoms with van der Waals surface area (Å²) in [4.78, 5) is 18.2. The lowest BCUT2D eigenvalue weighted by atomic mass is 10.2. The molecule has 0 atom stereocenters. The second kappa shape index (κ2) is 5.11. The van der Waals surface area contributed by atoms with Crippen LogP contribution in [0, 0.1) is 5.82 Å². The third-order valence-corrected chi connectivity index (χ3v) is 4.88. The molecule has 4 nitrogen and oxygen atoms in total. The van der Waals surface area contributed by atoms with Crippen LogP contribution >= 0.6 is 22.7 Å². The molecule has 4 aromatic rings. The maximum Gasteiger partial charge on any atom is 0.291 e. The first-order valence-corrected chi connectivity index (χ1v) is 8.11.